The van der Waals surface area contributed by atoms with Crippen LogP contribution in [0.3, 0.4) is 0 Å². The fourth-order valence-corrected chi connectivity index (χ4v) is 3.73. The van der Waals surface area contributed by atoms with Gasteiger partial charge >= 0.3 is 0 Å². The number of para-hydroxylation sites is 1. The Morgan fingerprint density at radius 2 is 1.93 bits per heavy atom. The van der Waals surface area contributed by atoms with E-state index in [2.05, 4.69) is 15.4 Å². The van der Waals surface area contributed by atoms with Crippen LogP contribution in [0.1, 0.15) is 16.2 Å². The standard InChI is InChI=1S/C21H16N4O3S/c26-21(22-12-14-8-9-16-17(11-14)28-13-27-16)19-23-20(18-7-4-10-29-18)25(24-19)15-5-2-1-3-6-15/h1-11H,12-13H2,(H,22,26). The molecule has 0 saturated carbocycles. The lowest BCUT2D eigenvalue weighted by Crippen LogP contribution is -2.24. The molecule has 4 aromatic rings. The minimum atomic E-state index is -0.338. The number of rotatable bonds is 5. The highest BCUT2D eigenvalue weighted by Crippen LogP contribution is 2.32. The maximum Gasteiger partial charge on any atom is 0.291 e. The molecular formula is C21H16N4O3S. The molecule has 1 N–H and O–H groups in total. The molecule has 0 fully saturated rings. The van der Waals surface area contributed by atoms with Gasteiger partial charge in [-0.25, -0.2) is 9.67 Å². The molecule has 2 aromatic heterocycles. The first kappa shape index (κ1) is 17.4. The molecule has 0 atom stereocenters. The molecule has 1 aliphatic rings. The summed E-state index contributed by atoms with van der Waals surface area (Å²) in [5.41, 5.74) is 1.75. The Bertz CT molecular complexity index is 1160. The maximum atomic E-state index is 12.7. The van der Waals surface area contributed by atoms with Crippen LogP contribution < -0.4 is 14.8 Å². The maximum absolute atomic E-state index is 12.7. The van der Waals surface area contributed by atoms with Crippen molar-refractivity contribution in [3.05, 3.63) is 77.4 Å². The zero-order chi connectivity index (χ0) is 19.6. The number of amides is 1. The first-order chi connectivity index (χ1) is 14.3. The molecule has 1 amide bonds. The Kier molecular flexibility index (Phi) is 4.45. The number of nitrogens with zero attached hydrogens (tertiary/aromatic N) is 3. The van der Waals surface area contributed by atoms with Gasteiger partial charge in [-0.3, -0.25) is 4.79 Å². The van der Waals surface area contributed by atoms with Crippen molar-refractivity contribution in [2.45, 2.75) is 6.54 Å². The molecule has 0 spiro atoms. The molecule has 0 saturated heterocycles. The van der Waals surface area contributed by atoms with Crippen molar-refractivity contribution in [3.63, 3.8) is 0 Å². The number of aromatic nitrogens is 3. The number of hydrogen-bond donors (Lipinski definition) is 1. The third-order valence-electron chi connectivity index (χ3n) is 4.44. The number of thiophene rings is 1. The van der Waals surface area contributed by atoms with Gasteiger partial charge in [0, 0.05) is 6.54 Å². The van der Waals surface area contributed by atoms with E-state index in [1.165, 1.54) is 0 Å². The molecule has 3 heterocycles. The van der Waals surface area contributed by atoms with E-state index in [0.29, 0.717) is 23.9 Å². The average Bonchev–Trinajstić information content (AvgIpc) is 3.52. The lowest BCUT2D eigenvalue weighted by Gasteiger charge is -2.04. The van der Waals surface area contributed by atoms with Crippen LogP contribution in [0.25, 0.3) is 16.4 Å². The summed E-state index contributed by atoms with van der Waals surface area (Å²) in [5.74, 6) is 1.82. The Labute approximate surface area is 170 Å². The van der Waals surface area contributed by atoms with Gasteiger partial charge in [-0.05, 0) is 41.3 Å². The number of nitrogens with one attached hydrogen (secondary N) is 1. The van der Waals surface area contributed by atoms with E-state index in [9.17, 15) is 4.79 Å². The minimum Gasteiger partial charge on any atom is -0.454 e. The fourth-order valence-electron chi connectivity index (χ4n) is 3.04. The lowest BCUT2D eigenvalue weighted by molar-refractivity contribution is 0.0940. The van der Waals surface area contributed by atoms with E-state index in [-0.39, 0.29) is 18.5 Å². The topological polar surface area (TPSA) is 78.3 Å². The van der Waals surface area contributed by atoms with Crippen molar-refractivity contribution >= 4 is 17.2 Å². The molecule has 1 aliphatic heterocycles. The molecule has 144 valence electrons. The molecule has 29 heavy (non-hydrogen) atoms. The Hall–Kier alpha value is -3.65. The summed E-state index contributed by atoms with van der Waals surface area (Å²) in [7, 11) is 0. The smallest absolute Gasteiger partial charge is 0.291 e. The first-order valence-corrected chi connectivity index (χ1v) is 9.89. The van der Waals surface area contributed by atoms with Crippen LogP contribution in [0.2, 0.25) is 0 Å². The third-order valence-corrected chi connectivity index (χ3v) is 5.31. The van der Waals surface area contributed by atoms with Crippen molar-refractivity contribution in [1.29, 1.82) is 0 Å². The zero-order valence-electron chi connectivity index (χ0n) is 15.2. The quantitative estimate of drug-likeness (QED) is 0.549. The lowest BCUT2D eigenvalue weighted by atomic mass is 10.2. The molecule has 0 unspecified atom stereocenters. The summed E-state index contributed by atoms with van der Waals surface area (Å²) in [5, 5.41) is 9.31. The predicted octanol–water partition coefficient (Wildman–Crippen LogP) is 3.65. The fraction of sp³-hybridized carbons (Fsp3) is 0.0952. The van der Waals surface area contributed by atoms with Crippen LogP contribution in [-0.4, -0.2) is 27.5 Å². The van der Waals surface area contributed by atoms with Gasteiger partial charge in [0.1, 0.15) is 0 Å². The summed E-state index contributed by atoms with van der Waals surface area (Å²) >= 11 is 1.55. The zero-order valence-corrected chi connectivity index (χ0v) is 16.1. The van der Waals surface area contributed by atoms with Gasteiger partial charge in [-0.1, -0.05) is 30.3 Å². The van der Waals surface area contributed by atoms with Crippen LogP contribution in [0, 0.1) is 0 Å². The van der Waals surface area contributed by atoms with Crippen molar-refractivity contribution in [2.75, 3.05) is 6.79 Å². The number of carbonyl (C=O) groups excluding carboxylic acids is 1. The van der Waals surface area contributed by atoms with Crippen LogP contribution in [0.15, 0.2) is 66.0 Å². The number of carbonyl (C=O) groups is 1. The molecule has 0 radical (unpaired) electrons. The number of ether oxygens (including phenoxy) is 2. The van der Waals surface area contributed by atoms with E-state index in [4.69, 9.17) is 9.47 Å². The van der Waals surface area contributed by atoms with Gasteiger partial charge in [0.25, 0.3) is 5.91 Å². The molecule has 2 aromatic carbocycles. The summed E-state index contributed by atoms with van der Waals surface area (Å²) in [6.45, 7) is 0.557. The van der Waals surface area contributed by atoms with Crippen molar-refractivity contribution in [1.82, 2.24) is 20.1 Å². The Morgan fingerprint density at radius 1 is 1.07 bits per heavy atom. The highest BCUT2D eigenvalue weighted by atomic mass is 32.1. The second-order valence-electron chi connectivity index (χ2n) is 6.35. The van der Waals surface area contributed by atoms with Crippen molar-refractivity contribution in [3.8, 4) is 27.9 Å². The molecule has 5 rings (SSSR count). The normalized spacial score (nSPS) is 12.1. The summed E-state index contributed by atoms with van der Waals surface area (Å²) in [4.78, 5) is 18.2. The summed E-state index contributed by atoms with van der Waals surface area (Å²) in [6.07, 6.45) is 0. The number of benzene rings is 2. The van der Waals surface area contributed by atoms with Gasteiger partial charge < -0.3 is 14.8 Å². The van der Waals surface area contributed by atoms with Gasteiger partial charge in [0.05, 0.1) is 10.6 Å². The molecule has 7 nitrogen and oxygen atoms in total. The van der Waals surface area contributed by atoms with E-state index >= 15 is 0 Å². The summed E-state index contributed by atoms with van der Waals surface area (Å²) < 4.78 is 12.4. The average molecular weight is 404 g/mol. The molecule has 0 aliphatic carbocycles. The van der Waals surface area contributed by atoms with Crippen molar-refractivity contribution < 1.29 is 14.3 Å². The van der Waals surface area contributed by atoms with Crippen molar-refractivity contribution in [2.24, 2.45) is 0 Å². The highest BCUT2D eigenvalue weighted by molar-refractivity contribution is 7.13. The van der Waals surface area contributed by atoms with Crippen LogP contribution >= 0.6 is 11.3 Å². The Balaban J connectivity index is 1.40. The van der Waals surface area contributed by atoms with Gasteiger partial charge in [0.2, 0.25) is 12.6 Å². The monoisotopic (exact) mass is 404 g/mol. The van der Waals surface area contributed by atoms with Gasteiger partial charge in [-0.2, -0.15) is 0 Å². The molecule has 8 heteroatoms. The van der Waals surface area contributed by atoms with Gasteiger partial charge in [0.15, 0.2) is 17.3 Å². The SMILES string of the molecule is O=C(NCc1ccc2c(c1)OCO2)c1nc(-c2cccs2)n(-c2ccccc2)n1. The van der Waals surface area contributed by atoms with Crippen LogP contribution in [0.4, 0.5) is 0 Å². The van der Waals surface area contributed by atoms with Gasteiger partial charge in [-0.15, -0.1) is 16.4 Å². The predicted molar refractivity (Wildman–Crippen MR) is 108 cm³/mol. The molecule has 0 bridgehead atoms. The third kappa shape index (κ3) is 3.45. The molecular weight excluding hydrogens is 388 g/mol. The number of fused-ring (bicyclic) bond motifs is 1. The Morgan fingerprint density at radius 3 is 2.76 bits per heavy atom. The van der Waals surface area contributed by atoms with E-state index in [1.807, 2.05) is 66.0 Å². The van der Waals surface area contributed by atoms with E-state index < -0.39 is 0 Å². The second-order valence-corrected chi connectivity index (χ2v) is 7.30. The summed E-state index contributed by atoms with van der Waals surface area (Å²) in [6, 6.07) is 19.1. The van der Waals surface area contributed by atoms with E-state index in [1.54, 1.807) is 16.0 Å². The number of hydrogen-bond acceptors (Lipinski definition) is 6. The van der Waals surface area contributed by atoms with Crippen LogP contribution in [0.5, 0.6) is 11.5 Å². The highest BCUT2D eigenvalue weighted by Gasteiger charge is 2.19. The van der Waals surface area contributed by atoms with Crippen LogP contribution in [-0.2, 0) is 6.54 Å². The van der Waals surface area contributed by atoms with E-state index in [0.717, 1.165) is 16.1 Å². The minimum absolute atomic E-state index is 0.123. The second kappa shape index (κ2) is 7.40. The largest absolute Gasteiger partial charge is 0.454 e. The first-order valence-electron chi connectivity index (χ1n) is 9.01.